The molecule has 0 aliphatic rings. The summed E-state index contributed by atoms with van der Waals surface area (Å²) < 4.78 is 0. The summed E-state index contributed by atoms with van der Waals surface area (Å²) in [5.41, 5.74) is 0. The third kappa shape index (κ3) is 3.22. The highest BCUT2D eigenvalue weighted by molar-refractivity contribution is 5.55. The normalized spacial score (nSPS) is 13.5. The number of rotatable bonds is 4. The molecular weight excluding hydrogens is 126 g/mol. The molecule has 0 aromatic carbocycles. The van der Waals surface area contributed by atoms with Gasteiger partial charge in [-0.15, -0.1) is 5.10 Å². The van der Waals surface area contributed by atoms with Gasteiger partial charge in [-0.05, 0) is 13.3 Å². The first-order chi connectivity index (χ1) is 4.72. The molecule has 3 nitrogen and oxygen atoms in total. The topological polar surface area (TPSA) is 28.0 Å². The van der Waals surface area contributed by atoms with E-state index in [1.165, 1.54) is 0 Å². The van der Waals surface area contributed by atoms with Crippen LogP contribution in [0.3, 0.4) is 0 Å². The van der Waals surface area contributed by atoms with Crippen molar-refractivity contribution in [1.82, 2.24) is 4.90 Å². The van der Waals surface area contributed by atoms with Gasteiger partial charge in [0, 0.05) is 19.8 Å². The number of hydrogen-bond acceptors (Lipinski definition) is 2. The van der Waals surface area contributed by atoms with Crippen molar-refractivity contribution in [3.63, 3.8) is 0 Å². The second-order valence-electron chi connectivity index (χ2n) is 2.30. The van der Waals surface area contributed by atoms with Crippen molar-refractivity contribution >= 4 is 13.1 Å². The molecule has 0 aliphatic carbocycles. The lowest BCUT2D eigenvalue weighted by Crippen LogP contribution is -2.26. The molecule has 0 aromatic heterocycles. The van der Waals surface area contributed by atoms with Crippen LogP contribution in [0.25, 0.3) is 0 Å². The monoisotopic (exact) mass is 141 g/mol. The number of nitrogens with zero attached hydrogens (tertiary/aromatic N) is 3. The van der Waals surface area contributed by atoms with E-state index in [1.807, 2.05) is 11.9 Å². The van der Waals surface area contributed by atoms with E-state index >= 15 is 0 Å². The molecular formula is C7H15N3. The first kappa shape index (κ1) is 9.14. The maximum Gasteiger partial charge on any atom is 0.113 e. The average Bonchev–Trinajstić information content (AvgIpc) is 1.98. The Hall–Kier alpha value is -0.860. The molecule has 1 unspecified atom stereocenters. The summed E-state index contributed by atoms with van der Waals surface area (Å²) >= 11 is 0. The van der Waals surface area contributed by atoms with Gasteiger partial charge in [0.1, 0.15) is 6.34 Å². The van der Waals surface area contributed by atoms with Crippen LogP contribution in [-0.4, -0.2) is 31.0 Å². The molecule has 1 atom stereocenters. The largest absolute Gasteiger partial charge is 0.361 e. The van der Waals surface area contributed by atoms with E-state index in [1.54, 1.807) is 6.34 Å². The van der Waals surface area contributed by atoms with Gasteiger partial charge in [0.15, 0.2) is 0 Å². The van der Waals surface area contributed by atoms with E-state index in [2.05, 4.69) is 30.8 Å². The summed E-state index contributed by atoms with van der Waals surface area (Å²) in [6.45, 7) is 7.51. The van der Waals surface area contributed by atoms with Gasteiger partial charge in [0.05, 0.1) is 0 Å². The third-order valence-corrected chi connectivity index (χ3v) is 1.60. The van der Waals surface area contributed by atoms with Crippen LogP contribution < -0.4 is 0 Å². The van der Waals surface area contributed by atoms with E-state index in [4.69, 9.17) is 0 Å². The molecule has 3 heteroatoms. The van der Waals surface area contributed by atoms with Crippen LogP contribution in [0.15, 0.2) is 10.2 Å². The van der Waals surface area contributed by atoms with Gasteiger partial charge in [0.25, 0.3) is 0 Å². The third-order valence-electron chi connectivity index (χ3n) is 1.60. The Bertz CT molecular complexity index is 120. The Morgan fingerprint density at radius 3 is 2.70 bits per heavy atom. The molecule has 0 spiro atoms. The fourth-order valence-electron chi connectivity index (χ4n) is 0.520. The summed E-state index contributed by atoms with van der Waals surface area (Å²) in [4.78, 5) is 2.01. The zero-order valence-corrected chi connectivity index (χ0v) is 6.91. The maximum absolute atomic E-state index is 3.66. The predicted octanol–water partition coefficient (Wildman–Crippen LogP) is 1.36. The molecule has 10 heavy (non-hydrogen) atoms. The Balaban J connectivity index is 3.70. The summed E-state index contributed by atoms with van der Waals surface area (Å²) in [6, 6.07) is 0.519. The fraction of sp³-hybridized carbons (Fsp3) is 0.714. The Kier molecular flexibility index (Phi) is 4.54. The van der Waals surface area contributed by atoms with Crippen LogP contribution in [0.4, 0.5) is 0 Å². The second kappa shape index (κ2) is 4.97. The van der Waals surface area contributed by atoms with Crippen molar-refractivity contribution < 1.29 is 0 Å². The molecule has 0 aromatic rings. The van der Waals surface area contributed by atoms with E-state index in [0.717, 1.165) is 6.42 Å². The predicted molar refractivity (Wildman–Crippen MR) is 45.6 cm³/mol. The molecule has 0 amide bonds. The van der Waals surface area contributed by atoms with Crippen molar-refractivity contribution in [2.45, 2.75) is 26.3 Å². The van der Waals surface area contributed by atoms with Crippen molar-refractivity contribution in [2.24, 2.45) is 10.2 Å². The molecule has 0 saturated heterocycles. The zero-order chi connectivity index (χ0) is 7.98. The van der Waals surface area contributed by atoms with Crippen LogP contribution in [0.1, 0.15) is 20.3 Å². The lowest BCUT2D eigenvalue weighted by atomic mass is 10.2. The molecule has 0 saturated carbocycles. The summed E-state index contributed by atoms with van der Waals surface area (Å²) in [5, 5.41) is 7.03. The molecule has 0 fully saturated rings. The highest BCUT2D eigenvalue weighted by Gasteiger charge is 2.00. The SMILES string of the molecule is C=N/N=C\N(C)C(C)CC. The highest BCUT2D eigenvalue weighted by atomic mass is 15.3. The van der Waals surface area contributed by atoms with Crippen LogP contribution in [0.5, 0.6) is 0 Å². The van der Waals surface area contributed by atoms with Gasteiger partial charge in [-0.25, -0.2) is 0 Å². The summed E-state index contributed by atoms with van der Waals surface area (Å²) in [5.74, 6) is 0. The first-order valence-corrected chi connectivity index (χ1v) is 3.43. The van der Waals surface area contributed by atoms with E-state index in [9.17, 15) is 0 Å². The molecule has 0 radical (unpaired) electrons. The maximum atomic E-state index is 3.66. The quantitative estimate of drug-likeness (QED) is 0.330. The highest BCUT2D eigenvalue weighted by Crippen LogP contribution is 1.96. The first-order valence-electron chi connectivity index (χ1n) is 3.43. The Morgan fingerprint density at radius 1 is 1.70 bits per heavy atom. The summed E-state index contributed by atoms with van der Waals surface area (Å²) in [7, 11) is 1.98. The molecule has 0 heterocycles. The zero-order valence-electron chi connectivity index (χ0n) is 6.91. The van der Waals surface area contributed by atoms with Crippen molar-refractivity contribution in [1.29, 1.82) is 0 Å². The van der Waals surface area contributed by atoms with Crippen LogP contribution in [0.2, 0.25) is 0 Å². The van der Waals surface area contributed by atoms with Gasteiger partial charge in [-0.3, -0.25) is 0 Å². The van der Waals surface area contributed by atoms with Crippen LogP contribution in [-0.2, 0) is 0 Å². The van der Waals surface area contributed by atoms with Gasteiger partial charge in [-0.2, -0.15) is 5.10 Å². The smallest absolute Gasteiger partial charge is 0.113 e. The molecule has 0 aliphatic heterocycles. The Labute approximate surface area is 62.4 Å². The lowest BCUT2D eigenvalue weighted by Gasteiger charge is -2.19. The van der Waals surface area contributed by atoms with E-state index < -0.39 is 0 Å². The van der Waals surface area contributed by atoms with E-state index in [-0.39, 0.29) is 0 Å². The van der Waals surface area contributed by atoms with Crippen molar-refractivity contribution in [3.8, 4) is 0 Å². The minimum absolute atomic E-state index is 0.519. The minimum Gasteiger partial charge on any atom is -0.361 e. The van der Waals surface area contributed by atoms with Gasteiger partial charge >= 0.3 is 0 Å². The average molecular weight is 141 g/mol. The molecule has 0 N–H and O–H groups in total. The van der Waals surface area contributed by atoms with Crippen molar-refractivity contribution in [2.75, 3.05) is 7.05 Å². The van der Waals surface area contributed by atoms with Crippen LogP contribution >= 0.6 is 0 Å². The number of hydrogen-bond donors (Lipinski definition) is 0. The lowest BCUT2D eigenvalue weighted by molar-refractivity contribution is 0.390. The standard InChI is InChI=1S/C7H15N3/c1-5-7(2)10(4)6-9-8-3/h6-7H,3,5H2,1-2,4H3/b9-6-. The molecule has 58 valence electrons. The van der Waals surface area contributed by atoms with Gasteiger partial charge < -0.3 is 4.90 Å². The van der Waals surface area contributed by atoms with E-state index in [0.29, 0.717) is 6.04 Å². The van der Waals surface area contributed by atoms with Gasteiger partial charge in [-0.1, -0.05) is 6.92 Å². The minimum atomic E-state index is 0.519. The molecule has 0 rings (SSSR count). The fourth-order valence-corrected chi connectivity index (χ4v) is 0.520. The second-order valence-corrected chi connectivity index (χ2v) is 2.30. The van der Waals surface area contributed by atoms with Gasteiger partial charge in [0.2, 0.25) is 0 Å². The van der Waals surface area contributed by atoms with Crippen LogP contribution in [0, 0.1) is 0 Å². The molecule has 0 bridgehead atoms. The van der Waals surface area contributed by atoms with Crippen molar-refractivity contribution in [3.05, 3.63) is 0 Å². The summed E-state index contributed by atoms with van der Waals surface area (Å²) in [6.07, 6.45) is 2.79. The Morgan fingerprint density at radius 2 is 2.30 bits per heavy atom.